The van der Waals surface area contributed by atoms with E-state index in [4.69, 9.17) is 0 Å². The van der Waals surface area contributed by atoms with E-state index in [0.717, 1.165) is 26.5 Å². The molecule has 0 atom stereocenters. The molecule has 0 spiro atoms. The normalized spacial score (nSPS) is 10.8. The molecule has 3 aromatic rings. The fraction of sp³-hybridized carbons (Fsp3) is 0.118. The number of nitrogens with one attached hydrogen (secondary N) is 1. The highest BCUT2D eigenvalue weighted by Gasteiger charge is 2.15. The molecule has 0 aliphatic rings. The summed E-state index contributed by atoms with van der Waals surface area (Å²) in [6.07, 6.45) is 1.86. The zero-order chi connectivity index (χ0) is 14.8. The molecule has 0 unspecified atom stereocenters. The van der Waals surface area contributed by atoms with Crippen LogP contribution in [-0.2, 0) is 6.54 Å². The second-order valence-electron chi connectivity index (χ2n) is 5.03. The molecule has 0 radical (unpaired) electrons. The van der Waals surface area contributed by atoms with Crippen molar-refractivity contribution in [3.8, 4) is 0 Å². The molecule has 1 N–H and O–H groups in total. The molecule has 0 fully saturated rings. The minimum atomic E-state index is 0.0307. The number of carbonyl (C=O) groups excluding carboxylic acids is 1. The number of nitrogens with zero attached hydrogens (tertiary/aromatic N) is 1. The van der Waals surface area contributed by atoms with E-state index in [-0.39, 0.29) is 5.91 Å². The Morgan fingerprint density at radius 1 is 1.14 bits per heavy atom. The summed E-state index contributed by atoms with van der Waals surface area (Å²) in [5.74, 6) is 0.0307. The Labute approximate surface area is 131 Å². The lowest BCUT2D eigenvalue weighted by atomic mass is 10.1. The molecule has 21 heavy (non-hydrogen) atoms. The molecule has 0 saturated carbocycles. The van der Waals surface area contributed by atoms with E-state index < -0.39 is 0 Å². The number of hydrogen-bond donors (Lipinski definition) is 1. The van der Waals surface area contributed by atoms with Gasteiger partial charge in [-0.15, -0.1) is 0 Å². The number of aromatic amines is 1. The van der Waals surface area contributed by atoms with Gasteiger partial charge in [0.2, 0.25) is 0 Å². The number of halogens is 1. The van der Waals surface area contributed by atoms with Gasteiger partial charge in [-0.2, -0.15) is 0 Å². The number of amides is 1. The third-order valence-electron chi connectivity index (χ3n) is 3.51. The van der Waals surface area contributed by atoms with Crippen LogP contribution in [-0.4, -0.2) is 22.8 Å². The first-order valence-corrected chi connectivity index (χ1v) is 7.50. The molecule has 1 heterocycles. The largest absolute Gasteiger partial charge is 0.361 e. The zero-order valence-corrected chi connectivity index (χ0v) is 13.2. The van der Waals surface area contributed by atoms with Gasteiger partial charge in [0.1, 0.15) is 0 Å². The maximum absolute atomic E-state index is 12.6. The van der Waals surface area contributed by atoms with Gasteiger partial charge in [-0.25, -0.2) is 0 Å². The summed E-state index contributed by atoms with van der Waals surface area (Å²) in [5, 5.41) is 0.963. The van der Waals surface area contributed by atoms with Crippen LogP contribution in [0.3, 0.4) is 0 Å². The standard InChI is InChI=1S/C17H15BrN2O/c1-20(11-12-5-7-13(18)8-6-12)17(21)15-3-2-4-16-14(15)9-10-19-16/h2-10,19H,11H2,1H3. The van der Waals surface area contributed by atoms with Crippen LogP contribution in [0.15, 0.2) is 59.2 Å². The molecule has 1 amide bonds. The fourth-order valence-electron chi connectivity index (χ4n) is 2.41. The Balaban J connectivity index is 1.84. The third-order valence-corrected chi connectivity index (χ3v) is 4.03. The predicted octanol–water partition coefficient (Wildman–Crippen LogP) is 4.20. The van der Waals surface area contributed by atoms with E-state index >= 15 is 0 Å². The van der Waals surface area contributed by atoms with E-state index in [9.17, 15) is 4.79 Å². The van der Waals surface area contributed by atoms with Gasteiger partial charge in [-0.1, -0.05) is 34.1 Å². The Morgan fingerprint density at radius 3 is 2.67 bits per heavy atom. The number of carbonyl (C=O) groups is 1. The van der Waals surface area contributed by atoms with Crippen LogP contribution < -0.4 is 0 Å². The van der Waals surface area contributed by atoms with Gasteiger partial charge in [0.05, 0.1) is 0 Å². The summed E-state index contributed by atoms with van der Waals surface area (Å²) in [5.41, 5.74) is 2.82. The Bertz CT molecular complexity index is 777. The summed E-state index contributed by atoms with van der Waals surface area (Å²) in [7, 11) is 1.83. The van der Waals surface area contributed by atoms with Crippen molar-refractivity contribution in [2.75, 3.05) is 7.05 Å². The smallest absolute Gasteiger partial charge is 0.254 e. The molecule has 3 rings (SSSR count). The summed E-state index contributed by atoms with van der Waals surface area (Å²) in [6.45, 7) is 0.590. The average molecular weight is 343 g/mol. The lowest BCUT2D eigenvalue weighted by molar-refractivity contribution is 0.0787. The summed E-state index contributed by atoms with van der Waals surface area (Å²) >= 11 is 3.42. The second-order valence-corrected chi connectivity index (χ2v) is 5.95. The molecule has 0 aliphatic carbocycles. The molecule has 0 aliphatic heterocycles. The van der Waals surface area contributed by atoms with Crippen LogP contribution >= 0.6 is 15.9 Å². The van der Waals surface area contributed by atoms with E-state index in [2.05, 4.69) is 20.9 Å². The zero-order valence-electron chi connectivity index (χ0n) is 11.6. The quantitative estimate of drug-likeness (QED) is 0.760. The van der Waals surface area contributed by atoms with E-state index in [0.29, 0.717) is 6.54 Å². The Kier molecular flexibility index (Phi) is 3.80. The molecule has 106 valence electrons. The van der Waals surface area contributed by atoms with Crippen LogP contribution in [0.25, 0.3) is 10.9 Å². The SMILES string of the molecule is CN(Cc1ccc(Br)cc1)C(=O)c1cccc2[nH]ccc12. The fourth-order valence-corrected chi connectivity index (χ4v) is 2.68. The van der Waals surface area contributed by atoms with Crippen LogP contribution in [0.4, 0.5) is 0 Å². The van der Waals surface area contributed by atoms with Gasteiger partial charge in [0, 0.05) is 40.7 Å². The molecule has 0 saturated heterocycles. The maximum Gasteiger partial charge on any atom is 0.254 e. The number of hydrogen-bond acceptors (Lipinski definition) is 1. The molecule has 4 heteroatoms. The van der Waals surface area contributed by atoms with Crippen molar-refractivity contribution in [2.24, 2.45) is 0 Å². The highest BCUT2D eigenvalue weighted by Crippen LogP contribution is 2.20. The van der Waals surface area contributed by atoms with Crippen molar-refractivity contribution < 1.29 is 4.79 Å². The topological polar surface area (TPSA) is 36.1 Å². The highest BCUT2D eigenvalue weighted by molar-refractivity contribution is 9.10. The van der Waals surface area contributed by atoms with Gasteiger partial charge < -0.3 is 9.88 Å². The van der Waals surface area contributed by atoms with Crippen molar-refractivity contribution in [3.05, 3.63) is 70.3 Å². The van der Waals surface area contributed by atoms with Gasteiger partial charge in [0.15, 0.2) is 0 Å². The lowest BCUT2D eigenvalue weighted by Gasteiger charge is -2.18. The number of H-pyrrole nitrogens is 1. The van der Waals surface area contributed by atoms with Gasteiger partial charge in [-0.05, 0) is 35.9 Å². The number of rotatable bonds is 3. The third kappa shape index (κ3) is 2.85. The first-order valence-electron chi connectivity index (χ1n) is 6.71. The van der Waals surface area contributed by atoms with Crippen molar-refractivity contribution in [3.63, 3.8) is 0 Å². The Morgan fingerprint density at radius 2 is 1.90 bits per heavy atom. The van der Waals surface area contributed by atoms with E-state index in [1.165, 1.54) is 0 Å². The lowest BCUT2D eigenvalue weighted by Crippen LogP contribution is -2.26. The van der Waals surface area contributed by atoms with Crippen molar-refractivity contribution in [1.82, 2.24) is 9.88 Å². The van der Waals surface area contributed by atoms with Crippen molar-refractivity contribution in [1.29, 1.82) is 0 Å². The second kappa shape index (κ2) is 5.74. The van der Waals surface area contributed by atoms with Crippen LogP contribution in [0.1, 0.15) is 15.9 Å². The van der Waals surface area contributed by atoms with Gasteiger partial charge >= 0.3 is 0 Å². The van der Waals surface area contributed by atoms with Gasteiger partial charge in [-0.3, -0.25) is 4.79 Å². The average Bonchev–Trinajstić information content (AvgIpc) is 2.97. The van der Waals surface area contributed by atoms with Crippen LogP contribution in [0.2, 0.25) is 0 Å². The first kappa shape index (κ1) is 13.9. The molecule has 0 bridgehead atoms. The number of aromatic nitrogens is 1. The molecule has 3 nitrogen and oxygen atoms in total. The first-order chi connectivity index (χ1) is 10.1. The highest BCUT2D eigenvalue weighted by atomic mass is 79.9. The summed E-state index contributed by atoms with van der Waals surface area (Å²) < 4.78 is 1.04. The molecular weight excluding hydrogens is 328 g/mol. The van der Waals surface area contributed by atoms with E-state index in [1.807, 2.05) is 61.8 Å². The minimum absolute atomic E-state index is 0.0307. The molecular formula is C17H15BrN2O. The van der Waals surface area contributed by atoms with Gasteiger partial charge in [0.25, 0.3) is 5.91 Å². The summed E-state index contributed by atoms with van der Waals surface area (Å²) in [6, 6.07) is 15.7. The minimum Gasteiger partial charge on any atom is -0.361 e. The van der Waals surface area contributed by atoms with Crippen molar-refractivity contribution >= 4 is 32.7 Å². The Hall–Kier alpha value is -2.07. The molecule has 1 aromatic heterocycles. The predicted molar refractivity (Wildman–Crippen MR) is 88.2 cm³/mol. The van der Waals surface area contributed by atoms with Crippen molar-refractivity contribution in [2.45, 2.75) is 6.54 Å². The van der Waals surface area contributed by atoms with Crippen LogP contribution in [0.5, 0.6) is 0 Å². The number of benzene rings is 2. The number of fused-ring (bicyclic) bond motifs is 1. The maximum atomic E-state index is 12.6. The van der Waals surface area contributed by atoms with Crippen LogP contribution in [0, 0.1) is 0 Å². The summed E-state index contributed by atoms with van der Waals surface area (Å²) in [4.78, 5) is 17.5. The van der Waals surface area contributed by atoms with E-state index in [1.54, 1.807) is 4.90 Å². The monoisotopic (exact) mass is 342 g/mol. The molecule has 2 aromatic carbocycles.